The van der Waals surface area contributed by atoms with Crippen molar-refractivity contribution in [2.45, 2.75) is 16.5 Å². The molecule has 68 valence electrons. The van der Waals surface area contributed by atoms with Crippen molar-refractivity contribution in [3.05, 3.63) is 0 Å². The van der Waals surface area contributed by atoms with Crippen LogP contribution in [0.2, 0.25) is 0 Å². The standard InChI is InChI=1S/C8H13NOS2/c1-9-6-4-5(6)8(11-2,12-3)7(9)10/h5-6H,4H2,1-3H3. The third-order valence-electron chi connectivity index (χ3n) is 2.97. The lowest BCUT2D eigenvalue weighted by atomic mass is 10.3. The van der Waals surface area contributed by atoms with Gasteiger partial charge in [-0.2, -0.15) is 0 Å². The Morgan fingerprint density at radius 3 is 2.33 bits per heavy atom. The molecule has 0 aromatic rings. The van der Waals surface area contributed by atoms with Gasteiger partial charge in [-0.1, -0.05) is 0 Å². The quantitative estimate of drug-likeness (QED) is 0.630. The monoisotopic (exact) mass is 203 g/mol. The number of hydrogen-bond acceptors (Lipinski definition) is 3. The molecule has 0 spiro atoms. The zero-order valence-corrected chi connectivity index (χ0v) is 9.17. The zero-order chi connectivity index (χ0) is 8.93. The Morgan fingerprint density at radius 2 is 2.08 bits per heavy atom. The van der Waals surface area contributed by atoms with Crippen LogP contribution in [0.15, 0.2) is 0 Å². The molecule has 2 nitrogen and oxygen atoms in total. The lowest BCUT2D eigenvalue weighted by Crippen LogP contribution is -2.37. The van der Waals surface area contributed by atoms with Gasteiger partial charge in [-0.15, -0.1) is 23.5 Å². The normalized spacial score (nSPS) is 36.9. The fourth-order valence-corrected chi connectivity index (χ4v) is 4.55. The predicted molar refractivity (Wildman–Crippen MR) is 54.4 cm³/mol. The smallest absolute Gasteiger partial charge is 0.249 e. The fraction of sp³-hybridized carbons (Fsp3) is 0.875. The van der Waals surface area contributed by atoms with Crippen LogP contribution >= 0.6 is 23.5 Å². The molecule has 2 unspecified atom stereocenters. The number of amides is 1. The molecule has 0 aromatic heterocycles. The summed E-state index contributed by atoms with van der Waals surface area (Å²) < 4.78 is -0.139. The van der Waals surface area contributed by atoms with Crippen molar-refractivity contribution in [1.82, 2.24) is 4.90 Å². The molecule has 1 saturated carbocycles. The van der Waals surface area contributed by atoms with E-state index in [0.29, 0.717) is 17.9 Å². The van der Waals surface area contributed by atoms with E-state index in [0.717, 1.165) is 0 Å². The zero-order valence-electron chi connectivity index (χ0n) is 7.53. The minimum absolute atomic E-state index is 0.139. The summed E-state index contributed by atoms with van der Waals surface area (Å²) in [6.45, 7) is 0. The second-order valence-electron chi connectivity index (χ2n) is 3.40. The Kier molecular flexibility index (Phi) is 1.88. The molecular weight excluding hydrogens is 190 g/mol. The van der Waals surface area contributed by atoms with Gasteiger partial charge in [0.05, 0.1) is 0 Å². The maximum Gasteiger partial charge on any atom is 0.249 e. The van der Waals surface area contributed by atoms with Crippen LogP contribution in [0.25, 0.3) is 0 Å². The molecule has 0 N–H and O–H groups in total. The van der Waals surface area contributed by atoms with Crippen LogP contribution in [0.5, 0.6) is 0 Å². The van der Waals surface area contributed by atoms with Gasteiger partial charge in [0.2, 0.25) is 5.91 Å². The van der Waals surface area contributed by atoms with Crippen molar-refractivity contribution in [3.8, 4) is 0 Å². The largest absolute Gasteiger partial charge is 0.340 e. The molecule has 0 radical (unpaired) electrons. The highest BCUT2D eigenvalue weighted by molar-refractivity contribution is 8.18. The maximum atomic E-state index is 11.8. The molecule has 1 saturated heterocycles. The van der Waals surface area contributed by atoms with E-state index in [2.05, 4.69) is 0 Å². The molecule has 0 bridgehead atoms. The van der Waals surface area contributed by atoms with E-state index >= 15 is 0 Å². The number of piperidine rings is 1. The highest BCUT2D eigenvalue weighted by atomic mass is 32.2. The summed E-state index contributed by atoms with van der Waals surface area (Å²) >= 11 is 3.43. The second-order valence-corrected chi connectivity index (χ2v) is 5.76. The van der Waals surface area contributed by atoms with Crippen LogP contribution in [0.1, 0.15) is 6.42 Å². The number of fused-ring (bicyclic) bond motifs is 1. The Morgan fingerprint density at radius 1 is 1.50 bits per heavy atom. The van der Waals surface area contributed by atoms with E-state index in [-0.39, 0.29) is 4.08 Å². The molecule has 2 rings (SSSR count). The molecule has 4 heteroatoms. The van der Waals surface area contributed by atoms with Crippen LogP contribution in [0, 0.1) is 5.92 Å². The first-order chi connectivity index (χ1) is 5.67. The summed E-state index contributed by atoms with van der Waals surface area (Å²) in [5.41, 5.74) is 0. The molecule has 1 aliphatic carbocycles. The Balaban J connectivity index is 2.30. The first kappa shape index (κ1) is 8.75. The van der Waals surface area contributed by atoms with E-state index in [1.54, 1.807) is 23.5 Å². The van der Waals surface area contributed by atoms with Crippen LogP contribution in [-0.2, 0) is 4.79 Å². The average Bonchev–Trinajstić information content (AvgIpc) is 2.83. The molecule has 2 aliphatic rings. The number of rotatable bonds is 2. The molecule has 1 heterocycles. The predicted octanol–water partition coefficient (Wildman–Crippen LogP) is 1.27. The Hall–Kier alpha value is 0.170. The van der Waals surface area contributed by atoms with Gasteiger partial charge < -0.3 is 4.90 Å². The number of likely N-dealkylation sites (tertiary alicyclic amines) is 1. The molecule has 2 atom stereocenters. The lowest BCUT2D eigenvalue weighted by molar-refractivity contribution is -0.128. The highest BCUT2D eigenvalue weighted by Crippen LogP contribution is 2.60. The van der Waals surface area contributed by atoms with Crippen molar-refractivity contribution in [3.63, 3.8) is 0 Å². The molecule has 0 aromatic carbocycles. The number of hydrogen-bond donors (Lipinski definition) is 0. The van der Waals surface area contributed by atoms with Gasteiger partial charge in [-0.25, -0.2) is 0 Å². The molecule has 12 heavy (non-hydrogen) atoms. The highest BCUT2D eigenvalue weighted by Gasteiger charge is 2.66. The summed E-state index contributed by atoms with van der Waals surface area (Å²) in [6, 6.07) is 0.553. The van der Waals surface area contributed by atoms with Gasteiger partial charge in [0.1, 0.15) is 4.08 Å². The van der Waals surface area contributed by atoms with Crippen molar-refractivity contribution in [1.29, 1.82) is 0 Å². The summed E-state index contributed by atoms with van der Waals surface area (Å²) in [7, 11) is 1.93. The van der Waals surface area contributed by atoms with Gasteiger partial charge in [0.25, 0.3) is 0 Å². The van der Waals surface area contributed by atoms with Crippen molar-refractivity contribution in [2.24, 2.45) is 5.92 Å². The lowest BCUT2D eigenvalue weighted by Gasteiger charge is -2.26. The first-order valence-electron chi connectivity index (χ1n) is 4.05. The maximum absolute atomic E-state index is 11.8. The SMILES string of the molecule is CSC1(SC)C(=O)N(C)C2CC21. The van der Waals surface area contributed by atoms with Gasteiger partial charge in [-0.05, 0) is 18.9 Å². The number of carbonyl (C=O) groups is 1. The van der Waals surface area contributed by atoms with Gasteiger partial charge >= 0.3 is 0 Å². The Bertz CT molecular complexity index is 227. The summed E-state index contributed by atoms with van der Waals surface area (Å²) in [5.74, 6) is 0.934. The van der Waals surface area contributed by atoms with E-state index in [1.807, 2.05) is 24.5 Å². The number of thioether (sulfide) groups is 2. The third-order valence-corrected chi connectivity index (χ3v) is 6.14. The molecule has 1 amide bonds. The third kappa shape index (κ3) is 0.826. The number of carbonyl (C=O) groups excluding carboxylic acids is 1. The van der Waals surface area contributed by atoms with Crippen molar-refractivity contribution >= 4 is 29.4 Å². The van der Waals surface area contributed by atoms with Gasteiger partial charge in [-0.3, -0.25) is 4.79 Å². The van der Waals surface area contributed by atoms with E-state index in [1.165, 1.54) is 6.42 Å². The number of nitrogens with zero attached hydrogens (tertiary/aromatic N) is 1. The fourth-order valence-electron chi connectivity index (χ4n) is 2.13. The minimum Gasteiger partial charge on any atom is -0.340 e. The van der Waals surface area contributed by atoms with E-state index in [9.17, 15) is 4.79 Å². The van der Waals surface area contributed by atoms with Crippen molar-refractivity contribution < 1.29 is 4.79 Å². The first-order valence-corrected chi connectivity index (χ1v) is 6.50. The van der Waals surface area contributed by atoms with E-state index < -0.39 is 0 Å². The van der Waals surface area contributed by atoms with Gasteiger partial charge in [0, 0.05) is 19.0 Å². The van der Waals surface area contributed by atoms with Crippen LogP contribution in [-0.4, -0.2) is 40.5 Å². The van der Waals surface area contributed by atoms with Crippen LogP contribution in [0.4, 0.5) is 0 Å². The second kappa shape index (κ2) is 2.58. The minimum atomic E-state index is -0.139. The van der Waals surface area contributed by atoms with Gasteiger partial charge in [0.15, 0.2) is 0 Å². The summed E-state index contributed by atoms with van der Waals surface area (Å²) in [6.07, 6.45) is 5.30. The summed E-state index contributed by atoms with van der Waals surface area (Å²) in [4.78, 5) is 13.7. The van der Waals surface area contributed by atoms with Crippen LogP contribution < -0.4 is 0 Å². The summed E-state index contributed by atoms with van der Waals surface area (Å²) in [5, 5.41) is 0. The molecular formula is C8H13NOS2. The average molecular weight is 203 g/mol. The van der Waals surface area contributed by atoms with Crippen molar-refractivity contribution in [2.75, 3.05) is 19.6 Å². The van der Waals surface area contributed by atoms with E-state index in [4.69, 9.17) is 0 Å². The van der Waals surface area contributed by atoms with Crippen LogP contribution in [0.3, 0.4) is 0 Å². The Labute approximate surface area is 81.4 Å². The molecule has 1 aliphatic heterocycles. The topological polar surface area (TPSA) is 20.3 Å². The molecule has 2 fully saturated rings.